The Balaban J connectivity index is 2.26. The second kappa shape index (κ2) is 4.78. The van der Waals surface area contributed by atoms with E-state index in [2.05, 4.69) is 4.98 Å². The Labute approximate surface area is 111 Å². The molecule has 96 valence electrons. The Bertz CT molecular complexity index is 561. The molecule has 0 radical (unpaired) electrons. The van der Waals surface area contributed by atoms with E-state index in [9.17, 15) is 4.39 Å². The molecule has 1 unspecified atom stereocenters. The predicted octanol–water partition coefficient (Wildman–Crippen LogP) is 3.32. The third kappa shape index (κ3) is 2.76. The van der Waals surface area contributed by atoms with Crippen molar-refractivity contribution in [1.29, 1.82) is 0 Å². The number of thiazole rings is 1. The van der Waals surface area contributed by atoms with E-state index in [0.29, 0.717) is 12.0 Å². The lowest BCUT2D eigenvalue weighted by molar-refractivity contribution is 0.484. The molecule has 1 atom stereocenters. The fraction of sp³-hybridized carbons (Fsp3) is 0.357. The molecule has 2 aromatic rings. The molecule has 0 saturated heterocycles. The smallest absolute Gasteiger partial charge is 0.126 e. The molecule has 1 aromatic carbocycles. The van der Waals surface area contributed by atoms with E-state index >= 15 is 0 Å². The van der Waals surface area contributed by atoms with Gasteiger partial charge >= 0.3 is 0 Å². The monoisotopic (exact) mass is 264 g/mol. The maximum atomic E-state index is 13.6. The lowest BCUT2D eigenvalue weighted by atomic mass is 9.89. The van der Waals surface area contributed by atoms with Crippen molar-refractivity contribution in [1.82, 2.24) is 4.98 Å². The van der Waals surface area contributed by atoms with Gasteiger partial charge in [-0.15, -0.1) is 11.3 Å². The van der Waals surface area contributed by atoms with Crippen LogP contribution >= 0.6 is 11.3 Å². The van der Waals surface area contributed by atoms with Crippen LogP contribution in [0.4, 0.5) is 4.39 Å². The molecule has 1 aromatic heterocycles. The van der Waals surface area contributed by atoms with E-state index in [1.165, 1.54) is 6.07 Å². The molecule has 0 fully saturated rings. The summed E-state index contributed by atoms with van der Waals surface area (Å²) >= 11 is 1.59. The lowest BCUT2D eigenvalue weighted by Crippen LogP contribution is -2.35. The van der Waals surface area contributed by atoms with Gasteiger partial charge in [0.1, 0.15) is 5.82 Å². The first-order chi connectivity index (χ1) is 8.38. The van der Waals surface area contributed by atoms with Gasteiger partial charge in [0.05, 0.1) is 5.01 Å². The highest BCUT2D eigenvalue weighted by molar-refractivity contribution is 7.09. The summed E-state index contributed by atoms with van der Waals surface area (Å²) in [6, 6.07) is 5.18. The number of aromatic nitrogens is 1. The van der Waals surface area contributed by atoms with E-state index in [1.54, 1.807) is 24.3 Å². The topological polar surface area (TPSA) is 38.9 Å². The van der Waals surface area contributed by atoms with Gasteiger partial charge in [-0.25, -0.2) is 9.37 Å². The van der Waals surface area contributed by atoms with Crippen LogP contribution in [-0.4, -0.2) is 4.98 Å². The fourth-order valence-corrected chi connectivity index (χ4v) is 2.79. The summed E-state index contributed by atoms with van der Waals surface area (Å²) in [5.74, 6) is -0.209. The van der Waals surface area contributed by atoms with Crippen LogP contribution in [0.25, 0.3) is 0 Å². The van der Waals surface area contributed by atoms with E-state index in [-0.39, 0.29) is 5.82 Å². The second-order valence-corrected chi connectivity index (χ2v) is 5.88. The number of rotatable bonds is 3. The first-order valence-corrected chi connectivity index (χ1v) is 6.73. The van der Waals surface area contributed by atoms with Crippen LogP contribution < -0.4 is 5.73 Å². The summed E-state index contributed by atoms with van der Waals surface area (Å²) in [6.07, 6.45) is 0.619. The molecule has 2 nitrogen and oxygen atoms in total. The minimum atomic E-state index is -0.598. The molecule has 2 rings (SSSR count). The van der Waals surface area contributed by atoms with Crippen molar-refractivity contribution in [3.05, 3.63) is 51.2 Å². The molecule has 0 aliphatic heterocycles. The van der Waals surface area contributed by atoms with Gasteiger partial charge in [-0.05, 0) is 38.0 Å². The van der Waals surface area contributed by atoms with Crippen molar-refractivity contribution in [2.24, 2.45) is 5.73 Å². The van der Waals surface area contributed by atoms with Gasteiger partial charge in [0.2, 0.25) is 0 Å². The third-order valence-corrected chi connectivity index (χ3v) is 3.98. The number of nitrogens with zero attached hydrogens (tertiary/aromatic N) is 1. The van der Waals surface area contributed by atoms with Gasteiger partial charge in [0.15, 0.2) is 0 Å². The van der Waals surface area contributed by atoms with E-state index < -0.39 is 5.54 Å². The van der Waals surface area contributed by atoms with Gasteiger partial charge in [0.25, 0.3) is 0 Å². The van der Waals surface area contributed by atoms with Gasteiger partial charge < -0.3 is 5.73 Å². The SMILES string of the molecule is Cc1csc(CC(C)(N)c2ccc(C)c(F)c2)n1. The number of hydrogen-bond donors (Lipinski definition) is 1. The molecule has 0 aliphatic rings. The van der Waals surface area contributed by atoms with E-state index in [0.717, 1.165) is 16.3 Å². The van der Waals surface area contributed by atoms with Gasteiger partial charge in [-0.1, -0.05) is 12.1 Å². The van der Waals surface area contributed by atoms with E-state index in [4.69, 9.17) is 5.73 Å². The standard InChI is InChI=1S/C14H17FN2S/c1-9-4-5-11(6-12(9)15)14(3,16)7-13-17-10(2)8-18-13/h4-6,8H,7,16H2,1-3H3. The van der Waals surface area contributed by atoms with Crippen LogP contribution in [0.3, 0.4) is 0 Å². The van der Waals surface area contributed by atoms with Crippen LogP contribution in [0.15, 0.2) is 23.6 Å². The number of hydrogen-bond acceptors (Lipinski definition) is 3. The molecule has 0 amide bonds. The number of aryl methyl sites for hydroxylation is 2. The van der Waals surface area contributed by atoms with Crippen molar-refractivity contribution in [3.8, 4) is 0 Å². The summed E-state index contributed by atoms with van der Waals surface area (Å²) in [6.45, 7) is 5.62. The highest BCUT2D eigenvalue weighted by Crippen LogP contribution is 2.25. The van der Waals surface area contributed by atoms with Crippen molar-refractivity contribution < 1.29 is 4.39 Å². The molecule has 0 saturated carbocycles. The molecular weight excluding hydrogens is 247 g/mol. The van der Waals surface area contributed by atoms with Crippen LogP contribution in [0.5, 0.6) is 0 Å². The quantitative estimate of drug-likeness (QED) is 0.923. The normalized spacial score (nSPS) is 14.5. The molecule has 4 heteroatoms. The van der Waals surface area contributed by atoms with Crippen LogP contribution in [-0.2, 0) is 12.0 Å². The zero-order valence-electron chi connectivity index (χ0n) is 10.8. The van der Waals surface area contributed by atoms with Crippen molar-refractivity contribution in [2.75, 3.05) is 0 Å². The Morgan fingerprint density at radius 1 is 1.39 bits per heavy atom. The van der Waals surface area contributed by atoms with Gasteiger partial charge in [-0.3, -0.25) is 0 Å². The average Bonchev–Trinajstić information content (AvgIpc) is 2.67. The first kappa shape index (κ1) is 13.2. The largest absolute Gasteiger partial charge is 0.321 e. The fourth-order valence-electron chi connectivity index (χ4n) is 1.85. The first-order valence-electron chi connectivity index (χ1n) is 5.85. The molecule has 18 heavy (non-hydrogen) atoms. The average molecular weight is 264 g/mol. The lowest BCUT2D eigenvalue weighted by Gasteiger charge is -2.24. The van der Waals surface area contributed by atoms with Crippen LogP contribution in [0, 0.1) is 19.7 Å². The van der Waals surface area contributed by atoms with Crippen LogP contribution in [0.1, 0.15) is 28.8 Å². The van der Waals surface area contributed by atoms with Crippen molar-refractivity contribution >= 4 is 11.3 Å². The molecule has 0 aliphatic carbocycles. The molecule has 0 spiro atoms. The summed E-state index contributed by atoms with van der Waals surface area (Å²) < 4.78 is 13.6. The highest BCUT2D eigenvalue weighted by atomic mass is 32.1. The molecule has 1 heterocycles. The summed E-state index contributed by atoms with van der Waals surface area (Å²) in [5.41, 5.74) is 8.14. The zero-order chi connectivity index (χ0) is 13.3. The Morgan fingerprint density at radius 2 is 2.11 bits per heavy atom. The second-order valence-electron chi connectivity index (χ2n) is 4.94. The Kier molecular flexibility index (Phi) is 3.50. The zero-order valence-corrected chi connectivity index (χ0v) is 11.6. The number of halogens is 1. The molecular formula is C14H17FN2S. The third-order valence-electron chi connectivity index (χ3n) is 3.02. The minimum Gasteiger partial charge on any atom is -0.321 e. The summed E-state index contributed by atoms with van der Waals surface area (Å²) in [7, 11) is 0. The summed E-state index contributed by atoms with van der Waals surface area (Å²) in [4.78, 5) is 4.41. The molecule has 0 bridgehead atoms. The molecule has 2 N–H and O–H groups in total. The number of nitrogens with two attached hydrogens (primary N) is 1. The Hall–Kier alpha value is -1.26. The van der Waals surface area contributed by atoms with Crippen molar-refractivity contribution in [2.45, 2.75) is 32.7 Å². The minimum absolute atomic E-state index is 0.209. The van der Waals surface area contributed by atoms with E-state index in [1.807, 2.05) is 25.3 Å². The van der Waals surface area contributed by atoms with Gasteiger partial charge in [0, 0.05) is 23.0 Å². The predicted molar refractivity (Wildman–Crippen MR) is 73.2 cm³/mol. The maximum absolute atomic E-state index is 13.6. The Morgan fingerprint density at radius 3 is 2.67 bits per heavy atom. The maximum Gasteiger partial charge on any atom is 0.126 e. The van der Waals surface area contributed by atoms with Gasteiger partial charge in [-0.2, -0.15) is 0 Å². The summed E-state index contributed by atoms with van der Waals surface area (Å²) in [5, 5.41) is 2.99. The number of benzene rings is 1. The van der Waals surface area contributed by atoms with Crippen LogP contribution in [0.2, 0.25) is 0 Å². The highest BCUT2D eigenvalue weighted by Gasteiger charge is 2.24. The van der Waals surface area contributed by atoms with Crippen molar-refractivity contribution in [3.63, 3.8) is 0 Å².